The van der Waals surface area contributed by atoms with E-state index in [1.807, 2.05) is 24.3 Å². The lowest BCUT2D eigenvalue weighted by Crippen LogP contribution is -1.91. The Morgan fingerprint density at radius 1 is 1.27 bits per heavy atom. The van der Waals surface area contributed by atoms with Gasteiger partial charge in [0.05, 0.1) is 7.11 Å². The molecule has 0 N–H and O–H groups in total. The summed E-state index contributed by atoms with van der Waals surface area (Å²) >= 11 is 5.67. The monoisotopic (exact) mass is 221 g/mol. The van der Waals surface area contributed by atoms with Gasteiger partial charge in [-0.05, 0) is 23.7 Å². The maximum Gasteiger partial charge on any atom is 0.225 e. The Hall–Kier alpha value is -1.68. The summed E-state index contributed by atoms with van der Waals surface area (Å²) in [5.41, 5.74) is 0.846. The minimum atomic E-state index is 0.183. The summed E-state index contributed by atoms with van der Waals surface area (Å²) in [6, 6.07) is 7.44. The third-order valence-corrected chi connectivity index (χ3v) is 2.05. The van der Waals surface area contributed by atoms with Gasteiger partial charge in [0, 0.05) is 5.56 Å². The molecule has 0 saturated heterocycles. The first kappa shape index (κ1) is 9.86. The number of ether oxygens (including phenoxy) is 1. The normalized spacial score (nSPS) is 10.0. The van der Waals surface area contributed by atoms with Crippen LogP contribution >= 0.6 is 11.6 Å². The van der Waals surface area contributed by atoms with Gasteiger partial charge < -0.3 is 4.74 Å². The van der Waals surface area contributed by atoms with Crippen LogP contribution in [-0.2, 0) is 0 Å². The molecule has 0 fully saturated rings. The first-order valence-electron chi connectivity index (χ1n) is 4.28. The highest BCUT2D eigenvalue weighted by atomic mass is 35.5. The highest BCUT2D eigenvalue weighted by Gasteiger charge is 2.03. The van der Waals surface area contributed by atoms with Gasteiger partial charge in [-0.15, -0.1) is 0 Å². The number of rotatable bonds is 2. The molecular formula is C10H8ClN3O. The largest absolute Gasteiger partial charge is 0.497 e. The third-order valence-electron chi connectivity index (χ3n) is 1.87. The molecule has 76 valence electrons. The average molecular weight is 222 g/mol. The van der Waals surface area contributed by atoms with Gasteiger partial charge in [-0.2, -0.15) is 4.98 Å². The van der Waals surface area contributed by atoms with E-state index in [1.165, 1.54) is 6.33 Å². The zero-order valence-corrected chi connectivity index (χ0v) is 8.77. The summed E-state index contributed by atoms with van der Waals surface area (Å²) in [5.74, 6) is 1.29. The summed E-state index contributed by atoms with van der Waals surface area (Å²) in [6.07, 6.45) is 1.38. The zero-order valence-electron chi connectivity index (χ0n) is 8.01. The molecule has 0 amide bonds. The topological polar surface area (TPSA) is 47.9 Å². The van der Waals surface area contributed by atoms with Crippen molar-refractivity contribution < 1.29 is 4.74 Å². The van der Waals surface area contributed by atoms with Crippen molar-refractivity contribution >= 4 is 11.6 Å². The molecule has 1 heterocycles. The molecule has 1 aromatic carbocycles. The second kappa shape index (κ2) is 4.23. The lowest BCUT2D eigenvalue weighted by atomic mass is 10.2. The van der Waals surface area contributed by atoms with Crippen LogP contribution in [0, 0.1) is 0 Å². The smallest absolute Gasteiger partial charge is 0.225 e. The maximum atomic E-state index is 5.67. The lowest BCUT2D eigenvalue weighted by molar-refractivity contribution is 0.415. The highest BCUT2D eigenvalue weighted by molar-refractivity contribution is 6.28. The van der Waals surface area contributed by atoms with Gasteiger partial charge in [0.1, 0.15) is 12.1 Å². The van der Waals surface area contributed by atoms with Crippen LogP contribution in [-0.4, -0.2) is 22.1 Å². The number of hydrogen-bond donors (Lipinski definition) is 0. The number of methoxy groups -OCH3 is 1. The molecule has 0 aliphatic rings. The van der Waals surface area contributed by atoms with E-state index in [0.29, 0.717) is 5.82 Å². The summed E-state index contributed by atoms with van der Waals surface area (Å²) < 4.78 is 5.10. The number of nitrogens with zero attached hydrogens (tertiary/aromatic N) is 3. The molecule has 0 bridgehead atoms. The molecule has 0 aliphatic carbocycles. The Kier molecular flexibility index (Phi) is 2.78. The van der Waals surface area contributed by atoms with Gasteiger partial charge in [0.25, 0.3) is 0 Å². The van der Waals surface area contributed by atoms with Crippen molar-refractivity contribution in [3.63, 3.8) is 0 Å². The second-order valence-electron chi connectivity index (χ2n) is 2.81. The summed E-state index contributed by atoms with van der Waals surface area (Å²) in [7, 11) is 1.61. The quantitative estimate of drug-likeness (QED) is 0.780. The molecule has 0 spiro atoms. The minimum absolute atomic E-state index is 0.183. The molecule has 0 saturated carbocycles. The van der Waals surface area contributed by atoms with Gasteiger partial charge >= 0.3 is 0 Å². The van der Waals surface area contributed by atoms with Crippen molar-refractivity contribution in [2.75, 3.05) is 7.11 Å². The van der Waals surface area contributed by atoms with Crippen molar-refractivity contribution in [2.24, 2.45) is 0 Å². The van der Waals surface area contributed by atoms with E-state index in [-0.39, 0.29) is 5.28 Å². The SMILES string of the molecule is COc1cccc(-c2ncnc(Cl)n2)c1. The lowest BCUT2D eigenvalue weighted by Gasteiger charge is -2.02. The Morgan fingerprint density at radius 3 is 2.87 bits per heavy atom. The average Bonchev–Trinajstić information content (AvgIpc) is 2.29. The first-order chi connectivity index (χ1) is 7.29. The Balaban J connectivity index is 2.44. The fourth-order valence-electron chi connectivity index (χ4n) is 1.18. The predicted molar refractivity (Wildman–Crippen MR) is 56.8 cm³/mol. The summed E-state index contributed by atoms with van der Waals surface area (Å²) in [5, 5.41) is 0.183. The second-order valence-corrected chi connectivity index (χ2v) is 3.15. The van der Waals surface area contributed by atoms with E-state index >= 15 is 0 Å². The molecule has 0 radical (unpaired) electrons. The maximum absolute atomic E-state index is 5.67. The van der Waals surface area contributed by atoms with E-state index in [2.05, 4.69) is 15.0 Å². The van der Waals surface area contributed by atoms with Crippen molar-refractivity contribution in [2.45, 2.75) is 0 Å². The number of benzene rings is 1. The highest BCUT2D eigenvalue weighted by Crippen LogP contribution is 2.20. The molecule has 0 unspecified atom stereocenters. The van der Waals surface area contributed by atoms with E-state index in [4.69, 9.17) is 16.3 Å². The van der Waals surface area contributed by atoms with Crippen LogP contribution in [0.3, 0.4) is 0 Å². The van der Waals surface area contributed by atoms with Crippen LogP contribution in [0.5, 0.6) is 5.75 Å². The van der Waals surface area contributed by atoms with Gasteiger partial charge in [0.15, 0.2) is 5.82 Å². The van der Waals surface area contributed by atoms with Crippen LogP contribution < -0.4 is 4.74 Å². The number of halogens is 1. The summed E-state index contributed by atoms with van der Waals surface area (Å²) in [6.45, 7) is 0. The van der Waals surface area contributed by atoms with Gasteiger partial charge in [-0.1, -0.05) is 12.1 Å². The summed E-state index contributed by atoms with van der Waals surface area (Å²) in [4.78, 5) is 11.7. The van der Waals surface area contributed by atoms with E-state index in [9.17, 15) is 0 Å². The third kappa shape index (κ3) is 2.22. The van der Waals surface area contributed by atoms with Crippen LogP contribution in [0.4, 0.5) is 0 Å². The Labute approximate surface area is 91.9 Å². The van der Waals surface area contributed by atoms with Gasteiger partial charge in [-0.25, -0.2) is 9.97 Å². The fraction of sp³-hybridized carbons (Fsp3) is 0.100. The van der Waals surface area contributed by atoms with Gasteiger partial charge in [-0.3, -0.25) is 0 Å². The van der Waals surface area contributed by atoms with E-state index in [0.717, 1.165) is 11.3 Å². The molecule has 1 aromatic heterocycles. The Morgan fingerprint density at radius 2 is 2.13 bits per heavy atom. The van der Waals surface area contributed by atoms with Crippen molar-refractivity contribution in [3.05, 3.63) is 35.9 Å². The number of hydrogen-bond acceptors (Lipinski definition) is 4. The molecule has 2 rings (SSSR count). The van der Waals surface area contributed by atoms with Crippen LogP contribution in [0.15, 0.2) is 30.6 Å². The first-order valence-corrected chi connectivity index (χ1v) is 4.66. The molecule has 5 heteroatoms. The van der Waals surface area contributed by atoms with E-state index < -0.39 is 0 Å². The van der Waals surface area contributed by atoms with Crippen LogP contribution in [0.2, 0.25) is 5.28 Å². The molecule has 0 atom stereocenters. The molecule has 4 nitrogen and oxygen atoms in total. The minimum Gasteiger partial charge on any atom is -0.497 e. The molecule has 0 aliphatic heterocycles. The van der Waals surface area contributed by atoms with Crippen molar-refractivity contribution in [1.29, 1.82) is 0 Å². The molecule has 2 aromatic rings. The van der Waals surface area contributed by atoms with E-state index in [1.54, 1.807) is 7.11 Å². The molecule has 15 heavy (non-hydrogen) atoms. The number of aromatic nitrogens is 3. The van der Waals surface area contributed by atoms with Crippen molar-refractivity contribution in [1.82, 2.24) is 15.0 Å². The predicted octanol–water partition coefficient (Wildman–Crippen LogP) is 2.20. The fourth-order valence-corrected chi connectivity index (χ4v) is 1.30. The molecular weight excluding hydrogens is 214 g/mol. The van der Waals surface area contributed by atoms with Crippen LogP contribution in [0.25, 0.3) is 11.4 Å². The zero-order chi connectivity index (χ0) is 10.7. The van der Waals surface area contributed by atoms with Gasteiger partial charge in [0.2, 0.25) is 5.28 Å². The Bertz CT molecular complexity index is 476. The standard InChI is InChI=1S/C10H8ClN3O/c1-15-8-4-2-3-7(5-8)9-12-6-13-10(11)14-9/h2-6H,1H3. The van der Waals surface area contributed by atoms with Crippen molar-refractivity contribution in [3.8, 4) is 17.1 Å². The van der Waals surface area contributed by atoms with Crippen LogP contribution in [0.1, 0.15) is 0 Å².